The third kappa shape index (κ3) is 3.60. The van der Waals surface area contributed by atoms with Crippen LogP contribution in [0.3, 0.4) is 0 Å². The van der Waals surface area contributed by atoms with Crippen molar-refractivity contribution in [2.45, 2.75) is 31.7 Å². The van der Waals surface area contributed by atoms with Crippen LogP contribution < -0.4 is 5.73 Å². The third-order valence-corrected chi connectivity index (χ3v) is 4.36. The third-order valence-electron chi connectivity index (χ3n) is 3.51. The summed E-state index contributed by atoms with van der Waals surface area (Å²) in [6.07, 6.45) is 3.81. The molecule has 1 saturated heterocycles. The molecule has 3 N–H and O–H groups in total. The average Bonchev–Trinajstić information content (AvgIpc) is 2.94. The predicted octanol–water partition coefficient (Wildman–Crippen LogP) is 1.44. The summed E-state index contributed by atoms with van der Waals surface area (Å²) >= 11 is 1.47. The minimum absolute atomic E-state index is 0.0557. The number of aliphatic hydroxyl groups is 1. The normalized spacial score (nSPS) is 18.5. The molecule has 1 fully saturated rings. The zero-order valence-electron chi connectivity index (χ0n) is 11.5. The summed E-state index contributed by atoms with van der Waals surface area (Å²) in [7, 11) is 0. The maximum atomic E-state index is 12.6. The molecule has 5 heteroatoms. The lowest BCUT2D eigenvalue weighted by Gasteiger charge is -2.35. The monoisotopic (exact) mass is 292 g/mol. The van der Waals surface area contributed by atoms with Gasteiger partial charge in [0.1, 0.15) is 0 Å². The molecular weight excluding hydrogens is 272 g/mol. The van der Waals surface area contributed by atoms with Crippen LogP contribution in [-0.2, 0) is 0 Å². The van der Waals surface area contributed by atoms with Crippen molar-refractivity contribution in [2.24, 2.45) is 5.73 Å². The lowest BCUT2D eigenvalue weighted by Crippen LogP contribution is -2.44. The van der Waals surface area contributed by atoms with Crippen LogP contribution in [0.1, 0.15) is 40.9 Å². The second kappa shape index (κ2) is 7.44. The van der Waals surface area contributed by atoms with Crippen LogP contribution in [0.5, 0.6) is 0 Å². The minimum Gasteiger partial charge on any atom is -0.396 e. The molecule has 1 amide bonds. The van der Waals surface area contributed by atoms with E-state index >= 15 is 0 Å². The molecule has 1 aromatic heterocycles. The Bertz CT molecular complexity index is 513. The first-order chi connectivity index (χ1) is 9.76. The molecule has 1 unspecified atom stereocenters. The number of hydrogen-bond acceptors (Lipinski definition) is 4. The van der Waals surface area contributed by atoms with Crippen LogP contribution >= 0.6 is 11.3 Å². The molecule has 0 radical (unpaired) electrons. The summed E-state index contributed by atoms with van der Waals surface area (Å²) in [6.45, 7) is 1.24. The van der Waals surface area contributed by atoms with Gasteiger partial charge in [0.2, 0.25) is 0 Å². The van der Waals surface area contributed by atoms with E-state index in [4.69, 9.17) is 10.8 Å². The summed E-state index contributed by atoms with van der Waals surface area (Å²) in [5.74, 6) is 5.80. The van der Waals surface area contributed by atoms with E-state index in [0.717, 1.165) is 30.7 Å². The standard InChI is InChI=1S/C15H20N2O2S/c16-7-3-5-14-10-12(11-20-14)15(19)17-8-2-1-4-13(17)6-9-18/h10-11,13,18H,1-2,4,6-9,16H2. The topological polar surface area (TPSA) is 66.6 Å². The number of carbonyl (C=O) groups excluding carboxylic acids is 1. The van der Waals surface area contributed by atoms with Gasteiger partial charge in [-0.2, -0.15) is 0 Å². The first-order valence-electron chi connectivity index (χ1n) is 6.95. The fourth-order valence-electron chi connectivity index (χ4n) is 2.53. The highest BCUT2D eigenvalue weighted by Crippen LogP contribution is 2.23. The number of carbonyl (C=O) groups is 1. The summed E-state index contributed by atoms with van der Waals surface area (Å²) in [5.41, 5.74) is 6.04. The number of amides is 1. The molecule has 0 saturated carbocycles. The van der Waals surface area contributed by atoms with Gasteiger partial charge in [0, 0.05) is 24.6 Å². The van der Waals surface area contributed by atoms with Crippen molar-refractivity contribution in [3.63, 3.8) is 0 Å². The Morgan fingerprint density at radius 3 is 3.15 bits per heavy atom. The van der Waals surface area contributed by atoms with E-state index in [1.165, 1.54) is 11.3 Å². The zero-order valence-corrected chi connectivity index (χ0v) is 12.3. The van der Waals surface area contributed by atoms with E-state index in [-0.39, 0.29) is 18.6 Å². The van der Waals surface area contributed by atoms with E-state index in [1.54, 1.807) is 0 Å². The predicted molar refractivity (Wildman–Crippen MR) is 80.6 cm³/mol. The number of nitrogens with two attached hydrogens (primary N) is 1. The summed E-state index contributed by atoms with van der Waals surface area (Å²) in [6, 6.07) is 2.00. The van der Waals surface area contributed by atoms with Crippen molar-refractivity contribution in [1.29, 1.82) is 0 Å². The van der Waals surface area contributed by atoms with Crippen molar-refractivity contribution in [3.8, 4) is 11.8 Å². The quantitative estimate of drug-likeness (QED) is 0.828. The van der Waals surface area contributed by atoms with Gasteiger partial charge in [0.25, 0.3) is 5.91 Å². The Balaban J connectivity index is 2.10. The van der Waals surface area contributed by atoms with Gasteiger partial charge in [0.15, 0.2) is 0 Å². The van der Waals surface area contributed by atoms with Gasteiger partial charge in [0.05, 0.1) is 17.0 Å². The number of nitrogens with zero attached hydrogens (tertiary/aromatic N) is 1. The largest absolute Gasteiger partial charge is 0.396 e. The van der Waals surface area contributed by atoms with Crippen molar-refractivity contribution < 1.29 is 9.90 Å². The molecule has 1 atom stereocenters. The van der Waals surface area contributed by atoms with E-state index in [1.807, 2.05) is 16.3 Å². The van der Waals surface area contributed by atoms with Gasteiger partial charge in [-0.15, -0.1) is 11.3 Å². The molecule has 0 bridgehead atoms. The molecule has 1 aliphatic heterocycles. The molecule has 0 aliphatic carbocycles. The van der Waals surface area contributed by atoms with Gasteiger partial charge in [-0.3, -0.25) is 4.79 Å². The Morgan fingerprint density at radius 2 is 2.40 bits per heavy atom. The number of hydrogen-bond donors (Lipinski definition) is 2. The van der Waals surface area contributed by atoms with Crippen molar-refractivity contribution in [3.05, 3.63) is 21.9 Å². The molecule has 1 aromatic rings. The van der Waals surface area contributed by atoms with Crippen LogP contribution in [0, 0.1) is 11.8 Å². The number of piperidine rings is 1. The Labute approximate surface area is 123 Å². The highest BCUT2D eigenvalue weighted by atomic mass is 32.1. The lowest BCUT2D eigenvalue weighted by atomic mass is 9.99. The molecule has 4 nitrogen and oxygen atoms in total. The van der Waals surface area contributed by atoms with Gasteiger partial charge in [-0.25, -0.2) is 0 Å². The smallest absolute Gasteiger partial charge is 0.254 e. The lowest BCUT2D eigenvalue weighted by molar-refractivity contribution is 0.0575. The van der Waals surface area contributed by atoms with Crippen LogP contribution in [0.25, 0.3) is 0 Å². The maximum absolute atomic E-state index is 12.6. The number of thiophene rings is 1. The summed E-state index contributed by atoms with van der Waals surface area (Å²) < 4.78 is 0. The Hall–Kier alpha value is -1.35. The minimum atomic E-state index is 0.0557. The fourth-order valence-corrected chi connectivity index (χ4v) is 3.28. The van der Waals surface area contributed by atoms with Crippen LogP contribution in [0.15, 0.2) is 11.4 Å². The van der Waals surface area contributed by atoms with Gasteiger partial charge in [-0.1, -0.05) is 11.8 Å². The maximum Gasteiger partial charge on any atom is 0.254 e. The second-order valence-corrected chi connectivity index (χ2v) is 5.78. The molecule has 2 rings (SSSR count). The Morgan fingerprint density at radius 1 is 1.55 bits per heavy atom. The highest BCUT2D eigenvalue weighted by Gasteiger charge is 2.27. The van der Waals surface area contributed by atoms with E-state index in [2.05, 4.69) is 11.8 Å². The van der Waals surface area contributed by atoms with E-state index < -0.39 is 0 Å². The number of aliphatic hydroxyl groups excluding tert-OH is 1. The average molecular weight is 292 g/mol. The van der Waals surface area contributed by atoms with E-state index in [0.29, 0.717) is 18.5 Å². The zero-order chi connectivity index (χ0) is 14.4. The van der Waals surface area contributed by atoms with Crippen molar-refractivity contribution in [2.75, 3.05) is 19.7 Å². The summed E-state index contributed by atoms with van der Waals surface area (Å²) in [4.78, 5) is 15.3. The first-order valence-corrected chi connectivity index (χ1v) is 7.83. The molecule has 1 aliphatic rings. The van der Waals surface area contributed by atoms with Gasteiger partial charge >= 0.3 is 0 Å². The van der Waals surface area contributed by atoms with Gasteiger partial charge < -0.3 is 15.7 Å². The number of rotatable bonds is 3. The molecule has 0 spiro atoms. The Kier molecular flexibility index (Phi) is 5.60. The van der Waals surface area contributed by atoms with E-state index in [9.17, 15) is 4.79 Å². The number of likely N-dealkylation sites (tertiary alicyclic amines) is 1. The second-order valence-electron chi connectivity index (χ2n) is 4.87. The highest BCUT2D eigenvalue weighted by molar-refractivity contribution is 7.10. The van der Waals surface area contributed by atoms with Crippen molar-refractivity contribution in [1.82, 2.24) is 4.90 Å². The van der Waals surface area contributed by atoms with Crippen LogP contribution in [0.2, 0.25) is 0 Å². The molecule has 2 heterocycles. The molecule has 20 heavy (non-hydrogen) atoms. The SMILES string of the molecule is NCC#Cc1cc(C(=O)N2CCCCC2CCO)cs1. The van der Waals surface area contributed by atoms with Crippen LogP contribution in [0.4, 0.5) is 0 Å². The fraction of sp³-hybridized carbons (Fsp3) is 0.533. The van der Waals surface area contributed by atoms with Gasteiger partial charge in [-0.05, 0) is 31.7 Å². The molecule has 0 aromatic carbocycles. The molecule has 108 valence electrons. The van der Waals surface area contributed by atoms with Crippen molar-refractivity contribution >= 4 is 17.2 Å². The first kappa shape index (κ1) is 15.0. The molecular formula is C15H20N2O2S. The van der Waals surface area contributed by atoms with Crippen LogP contribution in [-0.4, -0.2) is 41.7 Å². The summed E-state index contributed by atoms with van der Waals surface area (Å²) in [5, 5.41) is 11.0.